The largest absolute Gasteiger partial charge is 0.375 e. The summed E-state index contributed by atoms with van der Waals surface area (Å²) in [5.74, 6) is 1.73. The van der Waals surface area contributed by atoms with Crippen molar-refractivity contribution in [2.24, 2.45) is 11.8 Å². The second-order valence-electron chi connectivity index (χ2n) is 3.92. The molecule has 0 bridgehead atoms. The average molecular weight is 153 g/mol. The Kier molecular flexibility index (Phi) is 2.58. The lowest BCUT2D eigenvalue weighted by molar-refractivity contribution is 0.173. The van der Waals surface area contributed by atoms with Gasteiger partial charge >= 0.3 is 0 Å². The Hall–Kier alpha value is -0.460. The summed E-state index contributed by atoms with van der Waals surface area (Å²) in [6.07, 6.45) is 1.33. The van der Waals surface area contributed by atoms with Crippen LogP contribution in [0.15, 0.2) is 12.3 Å². The SMILES string of the molecule is C=C(C)N1CCC(C)[C@@H](C)C1. The van der Waals surface area contributed by atoms with E-state index in [2.05, 4.69) is 32.3 Å². The molecule has 1 heteroatoms. The summed E-state index contributed by atoms with van der Waals surface area (Å²) in [4.78, 5) is 2.39. The molecular weight excluding hydrogens is 134 g/mol. The fourth-order valence-corrected chi connectivity index (χ4v) is 1.61. The van der Waals surface area contributed by atoms with Crippen molar-refractivity contribution in [1.82, 2.24) is 4.90 Å². The molecule has 1 unspecified atom stereocenters. The van der Waals surface area contributed by atoms with Crippen LogP contribution < -0.4 is 0 Å². The third kappa shape index (κ3) is 1.98. The van der Waals surface area contributed by atoms with Crippen LogP contribution in [-0.4, -0.2) is 18.0 Å². The monoisotopic (exact) mass is 153 g/mol. The van der Waals surface area contributed by atoms with Crippen LogP contribution in [-0.2, 0) is 0 Å². The average Bonchev–Trinajstić information content (AvgIpc) is 1.94. The quantitative estimate of drug-likeness (QED) is 0.559. The highest BCUT2D eigenvalue weighted by atomic mass is 15.1. The van der Waals surface area contributed by atoms with Crippen molar-refractivity contribution in [2.75, 3.05) is 13.1 Å². The highest BCUT2D eigenvalue weighted by Gasteiger charge is 2.21. The number of piperidine rings is 1. The molecule has 64 valence electrons. The van der Waals surface area contributed by atoms with E-state index in [-0.39, 0.29) is 0 Å². The lowest BCUT2D eigenvalue weighted by Gasteiger charge is -2.36. The first-order valence-electron chi connectivity index (χ1n) is 4.51. The number of hydrogen-bond acceptors (Lipinski definition) is 1. The Morgan fingerprint density at radius 3 is 2.45 bits per heavy atom. The van der Waals surface area contributed by atoms with Crippen molar-refractivity contribution >= 4 is 0 Å². The molecule has 0 spiro atoms. The number of allylic oxidation sites excluding steroid dienone is 1. The van der Waals surface area contributed by atoms with E-state index in [0.717, 1.165) is 11.8 Å². The maximum atomic E-state index is 3.96. The van der Waals surface area contributed by atoms with Crippen LogP contribution in [0.3, 0.4) is 0 Å². The smallest absolute Gasteiger partial charge is 0.0202 e. The summed E-state index contributed by atoms with van der Waals surface area (Å²) >= 11 is 0. The zero-order valence-electron chi connectivity index (χ0n) is 7.93. The lowest BCUT2D eigenvalue weighted by Crippen LogP contribution is -2.36. The fraction of sp³-hybridized carbons (Fsp3) is 0.800. The Bertz CT molecular complexity index is 151. The minimum atomic E-state index is 0.834. The van der Waals surface area contributed by atoms with Crippen LogP contribution in [0.25, 0.3) is 0 Å². The molecule has 0 N–H and O–H groups in total. The molecule has 11 heavy (non-hydrogen) atoms. The molecule has 2 atom stereocenters. The molecule has 1 heterocycles. The van der Waals surface area contributed by atoms with Gasteiger partial charge in [-0.25, -0.2) is 0 Å². The molecule has 0 saturated carbocycles. The summed E-state index contributed by atoms with van der Waals surface area (Å²) in [5, 5.41) is 0. The highest BCUT2D eigenvalue weighted by molar-refractivity contribution is 4.92. The first kappa shape index (κ1) is 8.63. The van der Waals surface area contributed by atoms with E-state index in [1.807, 2.05) is 0 Å². The van der Waals surface area contributed by atoms with Gasteiger partial charge in [0.15, 0.2) is 0 Å². The van der Waals surface area contributed by atoms with Gasteiger partial charge < -0.3 is 4.90 Å². The number of nitrogens with zero attached hydrogens (tertiary/aromatic N) is 1. The van der Waals surface area contributed by atoms with Crippen molar-refractivity contribution in [1.29, 1.82) is 0 Å². The molecule has 0 aliphatic carbocycles. The highest BCUT2D eigenvalue weighted by Crippen LogP contribution is 2.23. The van der Waals surface area contributed by atoms with Gasteiger partial charge in [-0.05, 0) is 25.2 Å². The second-order valence-corrected chi connectivity index (χ2v) is 3.92. The Morgan fingerprint density at radius 1 is 1.36 bits per heavy atom. The summed E-state index contributed by atoms with van der Waals surface area (Å²) in [6, 6.07) is 0. The van der Waals surface area contributed by atoms with Crippen LogP contribution in [0.1, 0.15) is 27.2 Å². The third-order valence-corrected chi connectivity index (χ3v) is 2.87. The topological polar surface area (TPSA) is 3.24 Å². The Labute approximate surface area is 70.1 Å². The molecule has 0 aromatic heterocycles. The van der Waals surface area contributed by atoms with E-state index < -0.39 is 0 Å². The molecule has 1 aliphatic rings. The van der Waals surface area contributed by atoms with E-state index in [1.165, 1.54) is 25.2 Å². The van der Waals surface area contributed by atoms with Crippen LogP contribution in [0, 0.1) is 11.8 Å². The normalized spacial score (nSPS) is 32.1. The first-order chi connectivity index (χ1) is 5.11. The Balaban J connectivity index is 2.46. The van der Waals surface area contributed by atoms with E-state index in [0.29, 0.717) is 0 Å². The number of likely N-dealkylation sites (tertiary alicyclic amines) is 1. The number of rotatable bonds is 1. The Morgan fingerprint density at radius 2 is 2.00 bits per heavy atom. The van der Waals surface area contributed by atoms with Crippen molar-refractivity contribution in [3.63, 3.8) is 0 Å². The van der Waals surface area contributed by atoms with E-state index in [4.69, 9.17) is 0 Å². The van der Waals surface area contributed by atoms with Crippen molar-refractivity contribution in [3.05, 3.63) is 12.3 Å². The van der Waals surface area contributed by atoms with Crippen LogP contribution >= 0.6 is 0 Å². The van der Waals surface area contributed by atoms with E-state index >= 15 is 0 Å². The van der Waals surface area contributed by atoms with Gasteiger partial charge in [0.25, 0.3) is 0 Å². The van der Waals surface area contributed by atoms with Gasteiger partial charge in [0.2, 0.25) is 0 Å². The lowest BCUT2D eigenvalue weighted by atomic mass is 9.88. The van der Waals surface area contributed by atoms with E-state index in [9.17, 15) is 0 Å². The molecule has 0 aromatic rings. The molecule has 1 fully saturated rings. The second kappa shape index (κ2) is 3.29. The molecule has 0 radical (unpaired) electrons. The predicted molar refractivity (Wildman–Crippen MR) is 49.3 cm³/mol. The van der Waals surface area contributed by atoms with Gasteiger partial charge in [0.1, 0.15) is 0 Å². The van der Waals surface area contributed by atoms with Gasteiger partial charge in [0, 0.05) is 18.8 Å². The number of hydrogen-bond donors (Lipinski definition) is 0. The molecule has 1 rings (SSSR count). The molecule has 0 amide bonds. The fourth-order valence-electron chi connectivity index (χ4n) is 1.61. The standard InChI is InChI=1S/C10H19N/c1-8(2)11-6-5-9(3)10(4)7-11/h9-10H,1,5-7H2,2-4H3/t9?,10-/m0/s1. The van der Waals surface area contributed by atoms with Crippen LogP contribution in [0.2, 0.25) is 0 Å². The van der Waals surface area contributed by atoms with Crippen LogP contribution in [0.5, 0.6) is 0 Å². The third-order valence-electron chi connectivity index (χ3n) is 2.87. The zero-order chi connectivity index (χ0) is 8.43. The molecule has 0 aromatic carbocycles. The van der Waals surface area contributed by atoms with Gasteiger partial charge in [-0.1, -0.05) is 20.4 Å². The predicted octanol–water partition coefficient (Wildman–Crippen LogP) is 2.50. The summed E-state index contributed by atoms with van der Waals surface area (Å²) in [7, 11) is 0. The minimum Gasteiger partial charge on any atom is -0.375 e. The maximum Gasteiger partial charge on any atom is 0.0202 e. The van der Waals surface area contributed by atoms with Gasteiger partial charge in [-0.3, -0.25) is 0 Å². The van der Waals surface area contributed by atoms with Crippen molar-refractivity contribution in [2.45, 2.75) is 27.2 Å². The maximum absolute atomic E-state index is 3.96. The van der Waals surface area contributed by atoms with Gasteiger partial charge in [0.05, 0.1) is 0 Å². The van der Waals surface area contributed by atoms with Crippen molar-refractivity contribution < 1.29 is 0 Å². The van der Waals surface area contributed by atoms with Crippen LogP contribution in [0.4, 0.5) is 0 Å². The summed E-state index contributed by atoms with van der Waals surface area (Å²) in [5.41, 5.74) is 1.23. The molecular formula is C10H19N. The van der Waals surface area contributed by atoms with E-state index in [1.54, 1.807) is 0 Å². The molecule has 1 aliphatic heterocycles. The van der Waals surface area contributed by atoms with Crippen molar-refractivity contribution in [3.8, 4) is 0 Å². The molecule has 1 saturated heterocycles. The summed E-state index contributed by atoms with van der Waals surface area (Å²) < 4.78 is 0. The minimum absolute atomic E-state index is 0.834. The van der Waals surface area contributed by atoms with Gasteiger partial charge in [-0.15, -0.1) is 0 Å². The zero-order valence-corrected chi connectivity index (χ0v) is 7.93. The summed E-state index contributed by atoms with van der Waals surface area (Å²) in [6.45, 7) is 13.2. The van der Waals surface area contributed by atoms with Gasteiger partial charge in [-0.2, -0.15) is 0 Å². The molecule has 1 nitrogen and oxygen atoms in total. The first-order valence-corrected chi connectivity index (χ1v) is 4.51.